The van der Waals surface area contributed by atoms with Gasteiger partial charge in [-0.25, -0.2) is 0 Å². The zero-order valence-corrected chi connectivity index (χ0v) is 13.1. The van der Waals surface area contributed by atoms with E-state index in [0.717, 1.165) is 18.6 Å². The number of rotatable bonds is 4. The Kier molecular flexibility index (Phi) is 4.10. The van der Waals surface area contributed by atoms with Crippen LogP contribution in [-0.2, 0) is 0 Å². The molecule has 0 radical (unpaired) electrons. The van der Waals surface area contributed by atoms with Crippen LogP contribution in [0, 0.1) is 0 Å². The van der Waals surface area contributed by atoms with Crippen molar-refractivity contribution in [3.8, 4) is 5.75 Å². The normalized spacial score (nSPS) is 21.1. The lowest BCUT2D eigenvalue weighted by molar-refractivity contribution is 0.415. The number of methoxy groups -OCH3 is 1. The van der Waals surface area contributed by atoms with Gasteiger partial charge < -0.3 is 4.74 Å². The third-order valence-corrected chi connectivity index (χ3v) is 4.12. The molecule has 0 aliphatic carbocycles. The fourth-order valence-electron chi connectivity index (χ4n) is 2.74. The molecule has 0 aromatic heterocycles. The molecule has 0 spiro atoms. The van der Waals surface area contributed by atoms with Crippen molar-refractivity contribution in [3.05, 3.63) is 71.8 Å². The van der Waals surface area contributed by atoms with Gasteiger partial charge in [0.05, 0.1) is 12.6 Å². The summed E-state index contributed by atoms with van der Waals surface area (Å²) in [7, 11) is 1.69. The van der Waals surface area contributed by atoms with Crippen LogP contribution in [0.4, 0.5) is 0 Å². The van der Waals surface area contributed by atoms with Crippen LogP contribution < -0.4 is 4.74 Å². The molecule has 0 fully saturated rings. The van der Waals surface area contributed by atoms with Crippen LogP contribution in [0.1, 0.15) is 30.9 Å². The van der Waals surface area contributed by atoms with E-state index in [1.165, 1.54) is 16.8 Å². The van der Waals surface area contributed by atoms with Gasteiger partial charge in [0, 0.05) is 5.71 Å². The van der Waals surface area contributed by atoms with Crippen molar-refractivity contribution in [3.63, 3.8) is 0 Å². The number of nitrogens with zero attached hydrogens (tertiary/aromatic N) is 1. The summed E-state index contributed by atoms with van der Waals surface area (Å²) in [5.41, 5.74) is 3.49. The zero-order chi connectivity index (χ0) is 15.4. The van der Waals surface area contributed by atoms with E-state index >= 15 is 0 Å². The fourth-order valence-corrected chi connectivity index (χ4v) is 2.74. The Bertz CT molecular complexity index is 685. The Labute approximate surface area is 132 Å². The van der Waals surface area contributed by atoms with Gasteiger partial charge in [0.25, 0.3) is 0 Å². The van der Waals surface area contributed by atoms with Crippen LogP contribution in [0.3, 0.4) is 0 Å². The van der Waals surface area contributed by atoms with Crippen LogP contribution in [-0.4, -0.2) is 18.4 Å². The van der Waals surface area contributed by atoms with Gasteiger partial charge in [-0.05, 0) is 55.2 Å². The van der Waals surface area contributed by atoms with Gasteiger partial charge in [-0.2, -0.15) is 0 Å². The van der Waals surface area contributed by atoms with Crippen LogP contribution >= 0.6 is 0 Å². The summed E-state index contributed by atoms with van der Waals surface area (Å²) >= 11 is 0. The Hall–Kier alpha value is -2.35. The SMILES string of the molecule is COc1ccc(C2=N[C@@](C)(/C=C/c3ccccc3)CC2)cc1. The summed E-state index contributed by atoms with van der Waals surface area (Å²) in [5.74, 6) is 0.883. The highest BCUT2D eigenvalue weighted by Crippen LogP contribution is 2.30. The highest BCUT2D eigenvalue weighted by molar-refractivity contribution is 6.02. The summed E-state index contributed by atoms with van der Waals surface area (Å²) in [6.07, 6.45) is 6.46. The van der Waals surface area contributed by atoms with E-state index < -0.39 is 0 Å². The van der Waals surface area contributed by atoms with Crippen LogP contribution in [0.15, 0.2) is 65.7 Å². The molecule has 1 heterocycles. The zero-order valence-electron chi connectivity index (χ0n) is 13.1. The van der Waals surface area contributed by atoms with Crippen molar-refractivity contribution in [2.24, 2.45) is 4.99 Å². The van der Waals surface area contributed by atoms with Gasteiger partial charge in [-0.15, -0.1) is 0 Å². The average Bonchev–Trinajstić information content (AvgIpc) is 2.97. The molecular formula is C20H21NO. The first-order chi connectivity index (χ1) is 10.7. The summed E-state index contributed by atoms with van der Waals surface area (Å²) in [5, 5.41) is 0. The maximum atomic E-state index is 5.21. The molecule has 1 aliphatic heterocycles. The van der Waals surface area contributed by atoms with E-state index in [1.807, 2.05) is 18.2 Å². The lowest BCUT2D eigenvalue weighted by Crippen LogP contribution is -2.13. The second kappa shape index (κ2) is 6.18. The summed E-state index contributed by atoms with van der Waals surface area (Å²) in [6.45, 7) is 2.20. The summed E-state index contributed by atoms with van der Waals surface area (Å²) in [6, 6.07) is 18.5. The predicted molar refractivity (Wildman–Crippen MR) is 92.6 cm³/mol. The van der Waals surface area contributed by atoms with Crippen molar-refractivity contribution in [2.45, 2.75) is 25.3 Å². The monoisotopic (exact) mass is 291 g/mol. The smallest absolute Gasteiger partial charge is 0.118 e. The van der Waals surface area contributed by atoms with Gasteiger partial charge in [0.2, 0.25) is 0 Å². The molecule has 0 unspecified atom stereocenters. The lowest BCUT2D eigenvalue weighted by Gasteiger charge is -2.14. The topological polar surface area (TPSA) is 21.6 Å². The molecule has 1 atom stereocenters. The first-order valence-corrected chi connectivity index (χ1v) is 7.66. The van der Waals surface area contributed by atoms with Crippen molar-refractivity contribution in [2.75, 3.05) is 7.11 Å². The van der Waals surface area contributed by atoms with Gasteiger partial charge in [0.15, 0.2) is 0 Å². The van der Waals surface area contributed by atoms with Crippen molar-refractivity contribution >= 4 is 11.8 Å². The van der Waals surface area contributed by atoms with Crippen LogP contribution in [0.5, 0.6) is 5.75 Å². The molecule has 0 saturated heterocycles. The van der Waals surface area contributed by atoms with Crippen molar-refractivity contribution in [1.82, 2.24) is 0 Å². The molecule has 22 heavy (non-hydrogen) atoms. The Morgan fingerprint density at radius 2 is 1.77 bits per heavy atom. The van der Waals surface area contributed by atoms with Crippen LogP contribution in [0.2, 0.25) is 0 Å². The maximum Gasteiger partial charge on any atom is 0.118 e. The van der Waals surface area contributed by atoms with Gasteiger partial charge >= 0.3 is 0 Å². The summed E-state index contributed by atoms with van der Waals surface area (Å²) < 4.78 is 5.21. The second-order valence-electron chi connectivity index (χ2n) is 5.89. The minimum absolute atomic E-state index is 0.106. The Morgan fingerprint density at radius 3 is 2.45 bits per heavy atom. The minimum Gasteiger partial charge on any atom is -0.497 e. The molecule has 0 saturated carbocycles. The largest absolute Gasteiger partial charge is 0.497 e. The quantitative estimate of drug-likeness (QED) is 0.796. The first kappa shape index (κ1) is 14.6. The van der Waals surface area contributed by atoms with E-state index in [9.17, 15) is 0 Å². The molecule has 3 rings (SSSR count). The van der Waals surface area contributed by atoms with E-state index in [2.05, 4.69) is 55.5 Å². The molecule has 0 amide bonds. The molecule has 2 aromatic carbocycles. The Morgan fingerprint density at radius 1 is 1.05 bits per heavy atom. The summed E-state index contributed by atoms with van der Waals surface area (Å²) in [4.78, 5) is 4.95. The van der Waals surface area contributed by atoms with Crippen molar-refractivity contribution in [1.29, 1.82) is 0 Å². The molecule has 2 heteroatoms. The second-order valence-corrected chi connectivity index (χ2v) is 5.89. The third kappa shape index (κ3) is 3.28. The molecule has 112 valence electrons. The van der Waals surface area contributed by atoms with E-state index in [-0.39, 0.29) is 5.54 Å². The highest BCUT2D eigenvalue weighted by atomic mass is 16.5. The highest BCUT2D eigenvalue weighted by Gasteiger charge is 2.27. The van der Waals surface area contributed by atoms with E-state index in [1.54, 1.807) is 7.11 Å². The average molecular weight is 291 g/mol. The van der Waals surface area contributed by atoms with E-state index in [4.69, 9.17) is 9.73 Å². The number of benzene rings is 2. The lowest BCUT2D eigenvalue weighted by atomic mass is 9.97. The fraction of sp³-hybridized carbons (Fsp3) is 0.250. The standard InChI is InChI=1S/C20H21NO/c1-20(14-12-16-6-4-3-5-7-16)15-13-19(21-20)17-8-10-18(22-2)11-9-17/h3-12,14H,13,15H2,1-2H3/b14-12+/t20-/m0/s1. The molecular weight excluding hydrogens is 270 g/mol. The Balaban J connectivity index is 1.78. The van der Waals surface area contributed by atoms with E-state index in [0.29, 0.717) is 0 Å². The van der Waals surface area contributed by atoms with Gasteiger partial charge in [0.1, 0.15) is 5.75 Å². The number of hydrogen-bond acceptors (Lipinski definition) is 2. The maximum absolute atomic E-state index is 5.21. The molecule has 2 aromatic rings. The third-order valence-electron chi connectivity index (χ3n) is 4.12. The number of ether oxygens (including phenoxy) is 1. The minimum atomic E-state index is -0.106. The number of aliphatic imine (C=N–C) groups is 1. The van der Waals surface area contributed by atoms with Gasteiger partial charge in [-0.1, -0.05) is 42.5 Å². The van der Waals surface area contributed by atoms with Gasteiger partial charge in [-0.3, -0.25) is 4.99 Å². The molecule has 1 aliphatic rings. The van der Waals surface area contributed by atoms with Crippen molar-refractivity contribution < 1.29 is 4.74 Å². The molecule has 2 nitrogen and oxygen atoms in total. The predicted octanol–water partition coefficient (Wildman–Crippen LogP) is 4.75. The molecule has 0 bridgehead atoms. The van der Waals surface area contributed by atoms with Crippen LogP contribution in [0.25, 0.3) is 6.08 Å². The number of hydrogen-bond donors (Lipinski definition) is 0. The first-order valence-electron chi connectivity index (χ1n) is 7.66. The molecule has 0 N–H and O–H groups in total.